The van der Waals surface area contributed by atoms with Crippen LogP contribution >= 0.6 is 35.0 Å². The number of hydrogen-bond acceptors (Lipinski definition) is 7. The molecular formula is C17H21Cl2NO5S2. The Labute approximate surface area is 173 Å². The number of sulfone groups is 1. The van der Waals surface area contributed by atoms with Gasteiger partial charge in [0.2, 0.25) is 0 Å². The zero-order chi connectivity index (χ0) is 20.5. The Balaban J connectivity index is 2.34. The van der Waals surface area contributed by atoms with Gasteiger partial charge in [-0.2, -0.15) is 17.0 Å². The molecule has 1 N–H and O–H groups in total. The molecule has 6 nitrogen and oxygen atoms in total. The molecule has 0 bridgehead atoms. The van der Waals surface area contributed by atoms with Crippen molar-refractivity contribution in [3.63, 3.8) is 0 Å². The third kappa shape index (κ3) is 8.28. The van der Waals surface area contributed by atoms with Crippen molar-refractivity contribution in [1.29, 1.82) is 5.26 Å². The standard InChI is InChI=1S/C17H21Cl2NO5S2/c1-25-16(21)10-17(22,11-20)12-26-7-3-2-4-8-27(23,24)15-6-5-13(18)9-14(15)19/h5-6,9,22H,2-4,7-8,10,12H2,1H3. The summed E-state index contributed by atoms with van der Waals surface area (Å²) in [5, 5.41) is 19.5. The van der Waals surface area contributed by atoms with Crippen molar-refractivity contribution < 1.29 is 23.1 Å². The number of esters is 1. The first-order chi connectivity index (χ1) is 12.6. The van der Waals surface area contributed by atoms with E-state index in [-0.39, 0.29) is 27.8 Å². The summed E-state index contributed by atoms with van der Waals surface area (Å²) in [5.74, 6) is 0.0407. The van der Waals surface area contributed by atoms with E-state index in [4.69, 9.17) is 28.5 Å². The fourth-order valence-electron chi connectivity index (χ4n) is 2.19. The molecule has 0 aliphatic carbocycles. The van der Waals surface area contributed by atoms with Crippen molar-refractivity contribution in [2.75, 3.05) is 24.4 Å². The fourth-order valence-corrected chi connectivity index (χ4v) is 5.44. The molecule has 0 aliphatic rings. The van der Waals surface area contributed by atoms with E-state index in [1.54, 1.807) is 6.07 Å². The van der Waals surface area contributed by atoms with Crippen molar-refractivity contribution >= 4 is 50.8 Å². The number of nitrogens with zero attached hydrogens (tertiary/aromatic N) is 1. The number of unbranched alkanes of at least 4 members (excludes halogenated alkanes) is 2. The second-order valence-corrected chi connectivity index (χ2v) is 9.93. The number of rotatable bonds is 11. The van der Waals surface area contributed by atoms with Crippen LogP contribution in [-0.4, -0.2) is 49.5 Å². The van der Waals surface area contributed by atoms with Crippen LogP contribution in [-0.2, 0) is 19.4 Å². The number of thioether (sulfide) groups is 1. The summed E-state index contributed by atoms with van der Waals surface area (Å²) in [6.45, 7) is 0. The van der Waals surface area contributed by atoms with Gasteiger partial charge in [0.25, 0.3) is 0 Å². The van der Waals surface area contributed by atoms with Gasteiger partial charge in [-0.15, -0.1) is 0 Å². The molecule has 0 spiro atoms. The van der Waals surface area contributed by atoms with Crippen LogP contribution in [0.1, 0.15) is 25.7 Å². The van der Waals surface area contributed by atoms with Crippen LogP contribution in [0.2, 0.25) is 10.0 Å². The molecule has 0 saturated heterocycles. The molecular weight excluding hydrogens is 433 g/mol. The topological polar surface area (TPSA) is 104 Å². The second kappa shape index (κ2) is 11.1. The van der Waals surface area contributed by atoms with Gasteiger partial charge in [-0.1, -0.05) is 29.6 Å². The van der Waals surface area contributed by atoms with Gasteiger partial charge >= 0.3 is 5.97 Å². The van der Waals surface area contributed by atoms with Crippen molar-refractivity contribution in [3.8, 4) is 6.07 Å². The van der Waals surface area contributed by atoms with Crippen LogP contribution in [0, 0.1) is 11.3 Å². The third-order valence-electron chi connectivity index (χ3n) is 3.64. The SMILES string of the molecule is COC(=O)CC(O)(C#N)CSCCCCCS(=O)(=O)c1ccc(Cl)cc1Cl. The maximum Gasteiger partial charge on any atom is 0.309 e. The fraction of sp³-hybridized carbons (Fsp3) is 0.529. The summed E-state index contributed by atoms with van der Waals surface area (Å²) in [6.07, 6.45) is 1.47. The number of aliphatic hydroxyl groups is 1. The van der Waals surface area contributed by atoms with E-state index in [0.717, 1.165) is 0 Å². The van der Waals surface area contributed by atoms with E-state index in [2.05, 4.69) is 4.74 Å². The van der Waals surface area contributed by atoms with Gasteiger partial charge in [-0.25, -0.2) is 8.42 Å². The minimum Gasteiger partial charge on any atom is -0.469 e. The Kier molecular flexibility index (Phi) is 9.91. The average Bonchev–Trinajstić information content (AvgIpc) is 2.60. The molecule has 0 aromatic heterocycles. The minimum absolute atomic E-state index is 0.0243. The predicted octanol–water partition coefficient (Wildman–Crippen LogP) is 3.49. The molecule has 0 amide bonds. The molecule has 1 atom stereocenters. The lowest BCUT2D eigenvalue weighted by Gasteiger charge is -2.18. The van der Waals surface area contributed by atoms with E-state index < -0.39 is 21.4 Å². The maximum absolute atomic E-state index is 12.3. The summed E-state index contributed by atoms with van der Waals surface area (Å²) in [5.41, 5.74) is -1.76. The molecule has 27 heavy (non-hydrogen) atoms. The lowest BCUT2D eigenvalue weighted by atomic mass is 10.1. The first-order valence-electron chi connectivity index (χ1n) is 8.09. The highest BCUT2D eigenvalue weighted by Crippen LogP contribution is 2.26. The molecule has 0 radical (unpaired) electrons. The number of carbonyl (C=O) groups excluding carboxylic acids is 1. The second-order valence-electron chi connectivity index (χ2n) is 5.90. The van der Waals surface area contributed by atoms with Crippen molar-refractivity contribution in [3.05, 3.63) is 28.2 Å². The lowest BCUT2D eigenvalue weighted by molar-refractivity contribution is -0.143. The van der Waals surface area contributed by atoms with E-state index in [1.165, 1.54) is 37.1 Å². The van der Waals surface area contributed by atoms with Crippen molar-refractivity contribution in [2.45, 2.75) is 36.2 Å². The van der Waals surface area contributed by atoms with Crippen LogP contribution in [0.15, 0.2) is 23.1 Å². The molecule has 1 unspecified atom stereocenters. The van der Waals surface area contributed by atoms with E-state index >= 15 is 0 Å². The van der Waals surface area contributed by atoms with Gasteiger partial charge in [-0.05, 0) is 36.8 Å². The third-order valence-corrected chi connectivity index (χ3v) is 7.42. The Morgan fingerprint density at radius 1 is 1.33 bits per heavy atom. The zero-order valence-corrected chi connectivity index (χ0v) is 17.9. The maximum atomic E-state index is 12.3. The molecule has 1 aromatic rings. The highest BCUT2D eigenvalue weighted by atomic mass is 35.5. The lowest BCUT2D eigenvalue weighted by Crippen LogP contribution is -2.33. The van der Waals surface area contributed by atoms with Gasteiger partial charge in [0.05, 0.1) is 35.3 Å². The molecule has 1 rings (SSSR count). The summed E-state index contributed by atoms with van der Waals surface area (Å²) < 4.78 is 29.1. The Hall–Kier alpha value is -0.980. The Morgan fingerprint density at radius 3 is 2.63 bits per heavy atom. The number of benzene rings is 1. The summed E-state index contributed by atoms with van der Waals surface area (Å²) in [6, 6.07) is 6.02. The van der Waals surface area contributed by atoms with Crippen LogP contribution in [0.3, 0.4) is 0 Å². The van der Waals surface area contributed by atoms with E-state index in [1.807, 2.05) is 0 Å². The molecule has 10 heteroatoms. The molecule has 1 aromatic carbocycles. The average molecular weight is 454 g/mol. The number of carbonyl (C=O) groups is 1. The first-order valence-corrected chi connectivity index (χ1v) is 11.7. The first kappa shape index (κ1) is 24.1. The zero-order valence-electron chi connectivity index (χ0n) is 14.8. The number of ether oxygens (including phenoxy) is 1. The summed E-state index contributed by atoms with van der Waals surface area (Å²) >= 11 is 13.1. The van der Waals surface area contributed by atoms with Crippen LogP contribution in [0.4, 0.5) is 0 Å². The largest absolute Gasteiger partial charge is 0.469 e. The molecule has 0 heterocycles. The van der Waals surface area contributed by atoms with E-state index in [9.17, 15) is 18.3 Å². The summed E-state index contributed by atoms with van der Waals surface area (Å²) in [7, 11) is -2.28. The van der Waals surface area contributed by atoms with Gasteiger partial charge < -0.3 is 9.84 Å². The number of hydrogen-bond donors (Lipinski definition) is 1. The van der Waals surface area contributed by atoms with Gasteiger partial charge in [-0.3, -0.25) is 4.79 Å². The van der Waals surface area contributed by atoms with E-state index in [0.29, 0.717) is 30.0 Å². The van der Waals surface area contributed by atoms with Crippen LogP contribution in [0.25, 0.3) is 0 Å². The van der Waals surface area contributed by atoms with Crippen LogP contribution < -0.4 is 0 Å². The van der Waals surface area contributed by atoms with Crippen LogP contribution in [0.5, 0.6) is 0 Å². The highest BCUT2D eigenvalue weighted by Gasteiger charge is 2.30. The van der Waals surface area contributed by atoms with Gasteiger partial charge in [0.1, 0.15) is 0 Å². The molecule has 0 saturated carbocycles. The predicted molar refractivity (Wildman–Crippen MR) is 107 cm³/mol. The van der Waals surface area contributed by atoms with Gasteiger partial charge in [0.15, 0.2) is 15.4 Å². The number of nitriles is 1. The van der Waals surface area contributed by atoms with Gasteiger partial charge in [0, 0.05) is 10.8 Å². The Bertz CT molecular complexity index is 795. The normalized spacial score (nSPS) is 13.6. The number of halogens is 2. The molecule has 150 valence electrons. The number of methoxy groups -OCH3 is 1. The minimum atomic E-state index is -3.48. The summed E-state index contributed by atoms with van der Waals surface area (Å²) in [4.78, 5) is 11.3. The van der Waals surface area contributed by atoms with Crippen molar-refractivity contribution in [2.24, 2.45) is 0 Å². The Morgan fingerprint density at radius 2 is 2.04 bits per heavy atom. The molecule has 0 aliphatic heterocycles. The highest BCUT2D eigenvalue weighted by molar-refractivity contribution is 7.99. The monoisotopic (exact) mass is 453 g/mol. The molecule has 0 fully saturated rings. The van der Waals surface area contributed by atoms with Crippen molar-refractivity contribution in [1.82, 2.24) is 0 Å². The quantitative estimate of drug-likeness (QED) is 0.310. The smallest absolute Gasteiger partial charge is 0.309 e.